The lowest BCUT2D eigenvalue weighted by atomic mass is 9.89. The van der Waals surface area contributed by atoms with Gasteiger partial charge in [0, 0.05) is 18.5 Å². The highest BCUT2D eigenvalue weighted by atomic mass is 16.1. The molecule has 112 valence electrons. The summed E-state index contributed by atoms with van der Waals surface area (Å²) in [6, 6.07) is 12.3. The van der Waals surface area contributed by atoms with E-state index in [0.717, 1.165) is 11.1 Å². The third-order valence-corrected chi connectivity index (χ3v) is 3.72. The molecule has 1 aliphatic carbocycles. The number of nitrogens with one attached hydrogen (secondary N) is 1. The smallest absolute Gasteiger partial charge is 0.247 e. The van der Waals surface area contributed by atoms with Gasteiger partial charge in [-0.2, -0.15) is 0 Å². The van der Waals surface area contributed by atoms with Crippen molar-refractivity contribution >= 4 is 28.7 Å². The Balaban J connectivity index is 1.79. The summed E-state index contributed by atoms with van der Waals surface area (Å²) in [7, 11) is 0. The van der Waals surface area contributed by atoms with Crippen LogP contribution in [0.1, 0.15) is 11.1 Å². The first kappa shape index (κ1) is 14.1. The lowest BCUT2D eigenvalue weighted by molar-refractivity contribution is -0.117. The maximum atomic E-state index is 12.3. The van der Waals surface area contributed by atoms with Gasteiger partial charge in [-0.3, -0.25) is 9.79 Å². The zero-order chi connectivity index (χ0) is 15.5. The van der Waals surface area contributed by atoms with Gasteiger partial charge in [-0.05, 0) is 28.0 Å². The highest BCUT2D eigenvalue weighted by molar-refractivity contribution is 6.05. The molecular formula is C17H18N4O. The number of carbonyl (C=O) groups excluding carboxylic acids is 1. The predicted molar refractivity (Wildman–Crippen MR) is 89.3 cm³/mol. The molecule has 5 N–H and O–H groups in total. The van der Waals surface area contributed by atoms with Crippen molar-refractivity contribution in [3.63, 3.8) is 0 Å². The van der Waals surface area contributed by atoms with Crippen LogP contribution >= 0.6 is 0 Å². The van der Waals surface area contributed by atoms with Gasteiger partial charge in [0.15, 0.2) is 5.96 Å². The minimum absolute atomic E-state index is 0.0340. The molecule has 0 spiro atoms. The summed E-state index contributed by atoms with van der Waals surface area (Å²) in [6.45, 7) is 0.799. The van der Waals surface area contributed by atoms with Crippen LogP contribution in [0.25, 0.3) is 16.8 Å². The van der Waals surface area contributed by atoms with Crippen molar-refractivity contribution in [3.8, 4) is 0 Å². The van der Waals surface area contributed by atoms with Crippen molar-refractivity contribution in [3.05, 3.63) is 53.1 Å². The Morgan fingerprint density at radius 2 is 1.95 bits per heavy atom. The molecule has 2 aromatic carbocycles. The van der Waals surface area contributed by atoms with Crippen molar-refractivity contribution in [1.82, 2.24) is 5.32 Å². The molecule has 0 bridgehead atoms. The summed E-state index contributed by atoms with van der Waals surface area (Å²) in [5, 5.41) is 5.29. The van der Waals surface area contributed by atoms with Gasteiger partial charge in [0.05, 0.1) is 6.54 Å². The molecule has 0 aliphatic heterocycles. The van der Waals surface area contributed by atoms with E-state index in [0.29, 0.717) is 19.5 Å². The number of nitrogens with two attached hydrogens (primary N) is 2. The number of carbonyl (C=O) groups is 1. The molecule has 0 atom stereocenters. The lowest BCUT2D eigenvalue weighted by Gasteiger charge is -2.17. The second kappa shape index (κ2) is 5.89. The van der Waals surface area contributed by atoms with Crippen LogP contribution in [-0.4, -0.2) is 25.0 Å². The number of hydrogen-bond acceptors (Lipinski definition) is 2. The van der Waals surface area contributed by atoms with E-state index in [1.165, 1.54) is 16.3 Å². The minimum Gasteiger partial charge on any atom is -0.370 e. The lowest BCUT2D eigenvalue weighted by Crippen LogP contribution is -2.30. The molecule has 5 nitrogen and oxygen atoms in total. The molecule has 0 heterocycles. The molecule has 0 aromatic heterocycles. The number of guanidine groups is 1. The molecular weight excluding hydrogens is 276 g/mol. The van der Waals surface area contributed by atoms with E-state index < -0.39 is 0 Å². The summed E-state index contributed by atoms with van der Waals surface area (Å²) < 4.78 is 0. The number of amides is 1. The topological polar surface area (TPSA) is 93.5 Å². The van der Waals surface area contributed by atoms with Crippen molar-refractivity contribution < 1.29 is 4.79 Å². The van der Waals surface area contributed by atoms with E-state index in [9.17, 15) is 4.79 Å². The Labute approximate surface area is 128 Å². The Morgan fingerprint density at radius 3 is 2.73 bits per heavy atom. The SMILES string of the molecule is NC(N)=NCCNC(=O)C1=Cc2cccc3cccc(c23)C1. The average molecular weight is 294 g/mol. The summed E-state index contributed by atoms with van der Waals surface area (Å²) in [4.78, 5) is 16.1. The molecule has 1 amide bonds. The normalized spacial score (nSPS) is 12.6. The molecule has 0 radical (unpaired) electrons. The Bertz CT molecular complexity index is 783. The Morgan fingerprint density at radius 1 is 1.18 bits per heavy atom. The first-order valence-corrected chi connectivity index (χ1v) is 7.20. The van der Waals surface area contributed by atoms with Gasteiger partial charge in [-0.25, -0.2) is 0 Å². The van der Waals surface area contributed by atoms with Gasteiger partial charge in [0.2, 0.25) is 5.91 Å². The first-order chi connectivity index (χ1) is 10.6. The third-order valence-electron chi connectivity index (χ3n) is 3.72. The molecule has 1 aliphatic rings. The molecule has 3 rings (SSSR count). The number of aliphatic imine (C=N–C) groups is 1. The van der Waals surface area contributed by atoms with Crippen LogP contribution in [0.3, 0.4) is 0 Å². The van der Waals surface area contributed by atoms with Gasteiger partial charge >= 0.3 is 0 Å². The maximum absolute atomic E-state index is 12.3. The molecule has 0 saturated carbocycles. The fourth-order valence-corrected chi connectivity index (χ4v) is 2.78. The minimum atomic E-state index is -0.0719. The number of nitrogens with zero attached hydrogens (tertiary/aromatic N) is 1. The summed E-state index contributed by atoms with van der Waals surface area (Å²) in [5.74, 6) is -0.0379. The van der Waals surface area contributed by atoms with E-state index in [1.54, 1.807) is 0 Å². The standard InChI is InChI=1S/C17H18N4O/c18-17(19)21-8-7-20-16(22)14-9-12-5-1-3-11-4-2-6-13(10-14)15(11)12/h1-6,9H,7-8,10H2,(H,20,22)(H4,18,19,21). The van der Waals surface area contributed by atoms with Crippen LogP contribution in [0.2, 0.25) is 0 Å². The van der Waals surface area contributed by atoms with E-state index in [-0.39, 0.29) is 11.9 Å². The Kier molecular flexibility index (Phi) is 3.78. The van der Waals surface area contributed by atoms with Gasteiger partial charge in [0.1, 0.15) is 0 Å². The van der Waals surface area contributed by atoms with Crippen molar-refractivity contribution in [2.45, 2.75) is 6.42 Å². The third kappa shape index (κ3) is 2.79. The first-order valence-electron chi connectivity index (χ1n) is 7.20. The van der Waals surface area contributed by atoms with Crippen LogP contribution in [-0.2, 0) is 11.2 Å². The number of hydrogen-bond donors (Lipinski definition) is 3. The second-order valence-corrected chi connectivity index (χ2v) is 5.27. The fraction of sp³-hybridized carbons (Fsp3) is 0.176. The van der Waals surface area contributed by atoms with Crippen molar-refractivity contribution in [1.29, 1.82) is 0 Å². The van der Waals surface area contributed by atoms with Gasteiger partial charge < -0.3 is 16.8 Å². The van der Waals surface area contributed by atoms with Crippen LogP contribution in [0.4, 0.5) is 0 Å². The summed E-state index contributed by atoms with van der Waals surface area (Å²) in [6.07, 6.45) is 2.60. The molecule has 5 heteroatoms. The van der Waals surface area contributed by atoms with Crippen molar-refractivity contribution in [2.24, 2.45) is 16.5 Å². The second-order valence-electron chi connectivity index (χ2n) is 5.27. The van der Waals surface area contributed by atoms with Crippen LogP contribution in [0, 0.1) is 0 Å². The van der Waals surface area contributed by atoms with Gasteiger partial charge in [-0.1, -0.05) is 36.4 Å². The van der Waals surface area contributed by atoms with E-state index >= 15 is 0 Å². The average Bonchev–Trinajstić information content (AvgIpc) is 2.51. The van der Waals surface area contributed by atoms with Crippen LogP contribution in [0.5, 0.6) is 0 Å². The molecule has 0 fully saturated rings. The maximum Gasteiger partial charge on any atom is 0.247 e. The monoisotopic (exact) mass is 294 g/mol. The molecule has 0 unspecified atom stereocenters. The van der Waals surface area contributed by atoms with Crippen LogP contribution < -0.4 is 16.8 Å². The van der Waals surface area contributed by atoms with Gasteiger partial charge in [0.25, 0.3) is 0 Å². The number of benzene rings is 2. The fourth-order valence-electron chi connectivity index (χ4n) is 2.78. The zero-order valence-electron chi connectivity index (χ0n) is 12.2. The highest BCUT2D eigenvalue weighted by Gasteiger charge is 2.17. The predicted octanol–water partition coefficient (Wildman–Crippen LogP) is 1.17. The highest BCUT2D eigenvalue weighted by Crippen LogP contribution is 2.31. The largest absolute Gasteiger partial charge is 0.370 e. The zero-order valence-corrected chi connectivity index (χ0v) is 12.2. The van der Waals surface area contributed by atoms with E-state index in [1.807, 2.05) is 24.3 Å². The molecule has 2 aromatic rings. The van der Waals surface area contributed by atoms with Crippen molar-refractivity contribution in [2.75, 3.05) is 13.1 Å². The summed E-state index contributed by atoms with van der Waals surface area (Å²) in [5.41, 5.74) is 13.5. The van der Waals surface area contributed by atoms with E-state index in [4.69, 9.17) is 11.5 Å². The van der Waals surface area contributed by atoms with Gasteiger partial charge in [-0.15, -0.1) is 0 Å². The quantitative estimate of drug-likeness (QED) is 0.449. The Hall–Kier alpha value is -2.82. The molecule has 22 heavy (non-hydrogen) atoms. The molecule has 0 saturated heterocycles. The van der Waals surface area contributed by atoms with Crippen LogP contribution in [0.15, 0.2) is 47.0 Å². The number of rotatable bonds is 4. The van der Waals surface area contributed by atoms with E-state index in [2.05, 4.69) is 28.5 Å². The summed E-state index contributed by atoms with van der Waals surface area (Å²) >= 11 is 0.